The molecule has 0 aliphatic rings. The number of aromatic nitrogens is 1. The highest BCUT2D eigenvalue weighted by molar-refractivity contribution is 6.32. The van der Waals surface area contributed by atoms with Crippen LogP contribution < -0.4 is 4.74 Å². The molecule has 0 fully saturated rings. The monoisotopic (exact) mass is 253 g/mol. The number of carboxylic acids is 1. The number of aryl methyl sites for hydroxylation is 1. The van der Waals surface area contributed by atoms with Crippen molar-refractivity contribution in [2.75, 3.05) is 7.11 Å². The van der Waals surface area contributed by atoms with Crippen molar-refractivity contribution < 1.29 is 14.6 Å². The van der Waals surface area contributed by atoms with E-state index in [1.54, 1.807) is 23.9 Å². The summed E-state index contributed by atoms with van der Waals surface area (Å²) in [6.45, 7) is 1.85. The van der Waals surface area contributed by atoms with Crippen LogP contribution in [0.1, 0.15) is 5.56 Å². The summed E-state index contributed by atoms with van der Waals surface area (Å²) in [5.41, 5.74) is 1.80. The van der Waals surface area contributed by atoms with Gasteiger partial charge in [0.15, 0.2) is 0 Å². The number of nitrogens with zero attached hydrogens (tertiary/aromatic N) is 1. The molecule has 0 unspecified atom stereocenters. The second kappa shape index (κ2) is 4.30. The third kappa shape index (κ3) is 2.08. The number of rotatable bonds is 3. The van der Waals surface area contributed by atoms with Gasteiger partial charge in [-0.25, -0.2) is 0 Å². The van der Waals surface area contributed by atoms with Gasteiger partial charge in [-0.05, 0) is 24.6 Å². The molecule has 0 radical (unpaired) electrons. The number of halogens is 1. The fourth-order valence-corrected chi connectivity index (χ4v) is 2.14. The number of ether oxygens (including phenoxy) is 1. The molecule has 0 saturated carbocycles. The predicted molar refractivity (Wildman–Crippen MR) is 65.9 cm³/mol. The Bertz CT molecular complexity index is 589. The van der Waals surface area contributed by atoms with Crippen molar-refractivity contribution in [1.29, 1.82) is 0 Å². The van der Waals surface area contributed by atoms with Crippen LogP contribution in [0.4, 0.5) is 0 Å². The SMILES string of the molecule is COc1cc2c(C)cn(CC(=O)O)c2cc1Cl. The summed E-state index contributed by atoms with van der Waals surface area (Å²) >= 11 is 6.04. The number of hydrogen-bond donors (Lipinski definition) is 1. The standard InChI is InChI=1S/C12H12ClNO3/c1-7-5-14(6-12(15)16)10-4-9(13)11(17-2)3-8(7)10/h3-5H,6H2,1-2H3,(H,15,16). The average Bonchev–Trinajstić information content (AvgIpc) is 2.53. The second-order valence-electron chi connectivity index (χ2n) is 3.84. The van der Waals surface area contributed by atoms with Crippen LogP contribution in [0.2, 0.25) is 5.02 Å². The summed E-state index contributed by atoms with van der Waals surface area (Å²) in [6, 6.07) is 3.55. The molecule has 2 aromatic rings. The molecule has 0 bridgehead atoms. The van der Waals surface area contributed by atoms with Gasteiger partial charge < -0.3 is 14.4 Å². The summed E-state index contributed by atoms with van der Waals surface area (Å²) in [5, 5.41) is 10.3. The van der Waals surface area contributed by atoms with Crippen LogP contribution in [0.15, 0.2) is 18.3 Å². The van der Waals surface area contributed by atoms with Crippen LogP contribution in [-0.2, 0) is 11.3 Å². The summed E-state index contributed by atoms with van der Waals surface area (Å²) in [5.74, 6) is -0.288. The Balaban J connectivity index is 2.65. The minimum absolute atomic E-state index is 0.0764. The lowest BCUT2D eigenvalue weighted by molar-refractivity contribution is -0.137. The van der Waals surface area contributed by atoms with E-state index in [0.29, 0.717) is 10.8 Å². The number of benzene rings is 1. The van der Waals surface area contributed by atoms with E-state index < -0.39 is 5.97 Å². The topological polar surface area (TPSA) is 51.5 Å². The molecule has 0 atom stereocenters. The Morgan fingerprint density at radius 3 is 2.82 bits per heavy atom. The van der Waals surface area contributed by atoms with E-state index in [4.69, 9.17) is 21.4 Å². The van der Waals surface area contributed by atoms with Crippen LogP contribution >= 0.6 is 11.6 Å². The normalized spacial score (nSPS) is 10.8. The Hall–Kier alpha value is -1.68. The van der Waals surface area contributed by atoms with Crippen molar-refractivity contribution in [2.45, 2.75) is 13.5 Å². The number of hydrogen-bond acceptors (Lipinski definition) is 2. The molecule has 17 heavy (non-hydrogen) atoms. The van der Waals surface area contributed by atoms with Gasteiger partial charge in [0.2, 0.25) is 0 Å². The quantitative estimate of drug-likeness (QED) is 0.915. The molecular formula is C12H12ClNO3. The summed E-state index contributed by atoms with van der Waals surface area (Å²) in [4.78, 5) is 10.8. The van der Waals surface area contributed by atoms with E-state index in [1.807, 2.05) is 13.0 Å². The van der Waals surface area contributed by atoms with Gasteiger partial charge in [0.1, 0.15) is 12.3 Å². The predicted octanol–water partition coefficient (Wildman–Crippen LogP) is 2.70. The Morgan fingerprint density at radius 2 is 2.24 bits per heavy atom. The smallest absolute Gasteiger partial charge is 0.323 e. The maximum Gasteiger partial charge on any atom is 0.323 e. The fraction of sp³-hybridized carbons (Fsp3) is 0.250. The molecule has 0 spiro atoms. The van der Waals surface area contributed by atoms with Gasteiger partial charge in [-0.3, -0.25) is 4.79 Å². The van der Waals surface area contributed by atoms with Crippen molar-refractivity contribution in [1.82, 2.24) is 4.57 Å². The Morgan fingerprint density at radius 1 is 1.53 bits per heavy atom. The Labute approximate surface area is 103 Å². The van der Waals surface area contributed by atoms with Gasteiger partial charge in [-0.15, -0.1) is 0 Å². The van der Waals surface area contributed by atoms with Crippen molar-refractivity contribution in [3.05, 3.63) is 28.9 Å². The summed E-state index contributed by atoms with van der Waals surface area (Å²) in [7, 11) is 1.55. The van der Waals surface area contributed by atoms with E-state index in [2.05, 4.69) is 0 Å². The molecule has 0 aliphatic heterocycles. The molecule has 4 nitrogen and oxygen atoms in total. The van der Waals surface area contributed by atoms with Gasteiger partial charge >= 0.3 is 5.97 Å². The van der Waals surface area contributed by atoms with Crippen molar-refractivity contribution in [3.63, 3.8) is 0 Å². The molecule has 90 valence electrons. The molecule has 2 rings (SSSR count). The molecule has 1 heterocycles. The number of fused-ring (bicyclic) bond motifs is 1. The Kier molecular flexibility index (Phi) is 2.98. The summed E-state index contributed by atoms with van der Waals surface area (Å²) in [6.07, 6.45) is 1.80. The van der Waals surface area contributed by atoms with Crippen LogP contribution in [0.5, 0.6) is 5.75 Å². The molecule has 1 aromatic carbocycles. The van der Waals surface area contributed by atoms with Crippen molar-refractivity contribution in [2.24, 2.45) is 0 Å². The zero-order chi connectivity index (χ0) is 12.6. The van der Waals surface area contributed by atoms with Gasteiger partial charge in [-0.2, -0.15) is 0 Å². The van der Waals surface area contributed by atoms with E-state index in [-0.39, 0.29) is 6.54 Å². The zero-order valence-corrected chi connectivity index (χ0v) is 10.3. The zero-order valence-electron chi connectivity index (χ0n) is 9.53. The highest BCUT2D eigenvalue weighted by atomic mass is 35.5. The first kappa shape index (κ1) is 11.8. The van der Waals surface area contributed by atoms with Crippen molar-refractivity contribution in [3.8, 4) is 5.75 Å². The van der Waals surface area contributed by atoms with Crippen LogP contribution in [0.3, 0.4) is 0 Å². The lowest BCUT2D eigenvalue weighted by Crippen LogP contribution is -2.07. The maximum atomic E-state index is 10.8. The first-order chi connectivity index (χ1) is 8.02. The molecule has 5 heteroatoms. The molecule has 0 aliphatic carbocycles. The lowest BCUT2D eigenvalue weighted by Gasteiger charge is -2.05. The fourth-order valence-electron chi connectivity index (χ4n) is 1.90. The third-order valence-electron chi connectivity index (χ3n) is 2.66. The molecular weight excluding hydrogens is 242 g/mol. The maximum absolute atomic E-state index is 10.8. The molecule has 1 aromatic heterocycles. The van der Waals surface area contributed by atoms with Crippen LogP contribution in [0, 0.1) is 6.92 Å². The van der Waals surface area contributed by atoms with Gasteiger partial charge in [0.05, 0.1) is 17.6 Å². The first-order valence-corrected chi connectivity index (χ1v) is 5.45. The number of carboxylic acid groups (broad SMARTS) is 1. The second-order valence-corrected chi connectivity index (χ2v) is 4.24. The molecule has 0 amide bonds. The number of carbonyl (C=O) groups is 1. The lowest BCUT2D eigenvalue weighted by atomic mass is 10.2. The van der Waals surface area contributed by atoms with Crippen molar-refractivity contribution >= 4 is 28.5 Å². The van der Waals surface area contributed by atoms with E-state index in [0.717, 1.165) is 16.5 Å². The van der Waals surface area contributed by atoms with Crippen LogP contribution in [-0.4, -0.2) is 22.8 Å². The highest BCUT2D eigenvalue weighted by Crippen LogP contribution is 2.32. The minimum Gasteiger partial charge on any atom is -0.495 e. The van der Waals surface area contributed by atoms with Gasteiger partial charge in [-0.1, -0.05) is 11.6 Å². The van der Waals surface area contributed by atoms with E-state index >= 15 is 0 Å². The van der Waals surface area contributed by atoms with Gasteiger partial charge in [0.25, 0.3) is 0 Å². The van der Waals surface area contributed by atoms with E-state index in [9.17, 15) is 4.79 Å². The third-order valence-corrected chi connectivity index (χ3v) is 2.95. The number of aliphatic carboxylic acids is 1. The summed E-state index contributed by atoms with van der Waals surface area (Å²) < 4.78 is 6.81. The number of methoxy groups -OCH3 is 1. The minimum atomic E-state index is -0.881. The largest absolute Gasteiger partial charge is 0.495 e. The van der Waals surface area contributed by atoms with Gasteiger partial charge in [0, 0.05) is 11.6 Å². The highest BCUT2D eigenvalue weighted by Gasteiger charge is 2.11. The average molecular weight is 254 g/mol. The van der Waals surface area contributed by atoms with Crippen LogP contribution in [0.25, 0.3) is 10.9 Å². The molecule has 0 saturated heterocycles. The molecule has 1 N–H and O–H groups in total. The van der Waals surface area contributed by atoms with E-state index in [1.165, 1.54) is 0 Å². The first-order valence-electron chi connectivity index (χ1n) is 5.07.